The second kappa shape index (κ2) is 12.1. The zero-order valence-electron chi connectivity index (χ0n) is 20.6. The molecule has 0 radical (unpaired) electrons. The third-order valence-corrected chi connectivity index (χ3v) is 5.17. The Morgan fingerprint density at radius 3 is 2.00 bits per heavy atom. The maximum absolute atomic E-state index is 13.3. The zero-order valence-corrected chi connectivity index (χ0v) is 20.6. The van der Waals surface area contributed by atoms with Gasteiger partial charge in [-0.05, 0) is 42.0 Å². The summed E-state index contributed by atoms with van der Waals surface area (Å²) >= 11 is 0. The first-order chi connectivity index (χ1) is 17.8. The van der Waals surface area contributed by atoms with Gasteiger partial charge in [-0.15, -0.1) is 0 Å². The molecule has 37 heavy (non-hydrogen) atoms. The van der Waals surface area contributed by atoms with Gasteiger partial charge >= 0.3 is 0 Å². The van der Waals surface area contributed by atoms with Gasteiger partial charge in [0.05, 0.1) is 45.1 Å². The van der Waals surface area contributed by atoms with E-state index in [4.69, 9.17) is 18.9 Å². The summed E-state index contributed by atoms with van der Waals surface area (Å²) in [5, 5.41) is 16.3. The van der Waals surface area contributed by atoms with Crippen LogP contribution >= 0.6 is 0 Å². The predicted molar refractivity (Wildman–Crippen MR) is 136 cm³/mol. The minimum Gasteiger partial charge on any atom is -0.494 e. The fourth-order valence-electron chi connectivity index (χ4n) is 3.38. The minimum atomic E-state index is -0.704. The van der Waals surface area contributed by atoms with Gasteiger partial charge in [0.25, 0.3) is 17.5 Å². The van der Waals surface area contributed by atoms with Crippen LogP contribution in [0.4, 0.5) is 11.4 Å². The zero-order chi connectivity index (χ0) is 26.9. The molecule has 192 valence electrons. The van der Waals surface area contributed by atoms with Crippen molar-refractivity contribution in [2.75, 3.05) is 33.8 Å². The number of ether oxygens (including phenoxy) is 4. The minimum absolute atomic E-state index is 0.0732. The summed E-state index contributed by atoms with van der Waals surface area (Å²) in [5.74, 6) is -0.102. The first-order valence-corrected chi connectivity index (χ1v) is 10.8. The van der Waals surface area contributed by atoms with Gasteiger partial charge in [-0.3, -0.25) is 19.7 Å². The van der Waals surface area contributed by atoms with Crippen LogP contribution in [0.3, 0.4) is 0 Å². The Morgan fingerprint density at radius 1 is 0.838 bits per heavy atom. The topological polar surface area (TPSA) is 138 Å². The summed E-state index contributed by atoms with van der Waals surface area (Å²) in [5.41, 5.74) is 0.634. The van der Waals surface area contributed by atoms with Crippen LogP contribution in [0.1, 0.15) is 15.9 Å². The number of nitrogens with one attached hydrogen (secondary N) is 2. The van der Waals surface area contributed by atoms with Gasteiger partial charge < -0.3 is 29.6 Å². The molecule has 0 aromatic heterocycles. The molecule has 0 aliphatic heterocycles. The average Bonchev–Trinajstić information content (AvgIpc) is 2.92. The molecule has 0 atom stereocenters. The van der Waals surface area contributed by atoms with Crippen molar-refractivity contribution in [1.29, 1.82) is 0 Å². The summed E-state index contributed by atoms with van der Waals surface area (Å²) in [6, 6.07) is 15.3. The van der Waals surface area contributed by atoms with Gasteiger partial charge in [0.2, 0.25) is 5.75 Å². The maximum atomic E-state index is 13.3. The summed E-state index contributed by atoms with van der Waals surface area (Å²) in [7, 11) is 5.69. The Bertz CT molecular complexity index is 1310. The van der Waals surface area contributed by atoms with E-state index in [2.05, 4.69) is 10.6 Å². The lowest BCUT2D eigenvalue weighted by Gasteiger charge is -2.15. The van der Waals surface area contributed by atoms with Crippen molar-refractivity contribution in [3.63, 3.8) is 0 Å². The molecule has 0 fully saturated rings. The van der Waals surface area contributed by atoms with E-state index >= 15 is 0 Å². The van der Waals surface area contributed by atoms with Crippen LogP contribution < -0.4 is 29.6 Å². The highest BCUT2D eigenvalue weighted by Gasteiger charge is 2.20. The molecular formula is C26H25N3O8. The largest absolute Gasteiger partial charge is 0.494 e. The molecule has 2 N–H and O–H groups in total. The second-order valence-electron chi connectivity index (χ2n) is 7.43. The molecule has 3 rings (SSSR count). The highest BCUT2D eigenvalue weighted by molar-refractivity contribution is 6.11. The van der Waals surface area contributed by atoms with E-state index in [-0.39, 0.29) is 22.8 Å². The van der Waals surface area contributed by atoms with E-state index in [0.717, 1.165) is 0 Å². The number of nitrogens with zero attached hydrogens (tertiary/aromatic N) is 1. The number of anilines is 1. The van der Waals surface area contributed by atoms with Gasteiger partial charge in [-0.1, -0.05) is 18.2 Å². The number of carbonyl (C=O) groups is 2. The lowest BCUT2D eigenvalue weighted by atomic mass is 10.1. The van der Waals surface area contributed by atoms with Crippen LogP contribution in [0, 0.1) is 10.1 Å². The molecule has 0 saturated carbocycles. The Kier molecular flexibility index (Phi) is 8.66. The highest BCUT2D eigenvalue weighted by Crippen LogP contribution is 2.38. The molecule has 0 aliphatic rings. The van der Waals surface area contributed by atoms with Crippen molar-refractivity contribution in [3.8, 4) is 23.0 Å². The van der Waals surface area contributed by atoms with Gasteiger partial charge in [-0.2, -0.15) is 0 Å². The first kappa shape index (κ1) is 26.5. The summed E-state index contributed by atoms with van der Waals surface area (Å²) in [6.07, 6.45) is 1.43. The fourth-order valence-corrected chi connectivity index (χ4v) is 3.38. The van der Waals surface area contributed by atoms with Crippen molar-refractivity contribution < 1.29 is 33.5 Å². The molecule has 3 aromatic rings. The van der Waals surface area contributed by atoms with Crippen LogP contribution in [0.5, 0.6) is 23.0 Å². The molecule has 0 saturated heterocycles. The molecule has 11 heteroatoms. The summed E-state index contributed by atoms with van der Waals surface area (Å²) in [4.78, 5) is 36.7. The third-order valence-electron chi connectivity index (χ3n) is 5.17. The SMILES string of the molecule is COc1cc([N+](=O)[O-])ccc1NC(=O)C(=Cc1cc(OC)c(OC)c(OC)c1)NC(=O)c1ccccc1. The maximum Gasteiger partial charge on any atom is 0.273 e. The van der Waals surface area contributed by atoms with Crippen LogP contribution in [-0.4, -0.2) is 45.2 Å². The Hall–Kier alpha value is -5.06. The quantitative estimate of drug-likeness (QED) is 0.238. The molecule has 2 amide bonds. The van der Waals surface area contributed by atoms with Crippen molar-refractivity contribution in [3.05, 3.63) is 87.6 Å². The molecular weight excluding hydrogens is 482 g/mol. The van der Waals surface area contributed by atoms with Crippen molar-refractivity contribution in [1.82, 2.24) is 5.32 Å². The van der Waals surface area contributed by atoms with E-state index in [1.807, 2.05) is 0 Å². The predicted octanol–water partition coefficient (Wildman–Crippen LogP) is 4.04. The number of rotatable bonds is 10. The monoisotopic (exact) mass is 507 g/mol. The van der Waals surface area contributed by atoms with Gasteiger partial charge in [0.15, 0.2) is 11.5 Å². The third kappa shape index (κ3) is 6.34. The molecule has 3 aromatic carbocycles. The van der Waals surface area contributed by atoms with Gasteiger partial charge in [-0.25, -0.2) is 0 Å². The lowest BCUT2D eigenvalue weighted by Crippen LogP contribution is -2.30. The number of non-ortho nitro benzene ring substituents is 1. The molecule has 0 heterocycles. The second-order valence-corrected chi connectivity index (χ2v) is 7.43. The number of carbonyl (C=O) groups excluding carboxylic acids is 2. The van der Waals surface area contributed by atoms with Crippen LogP contribution in [0.2, 0.25) is 0 Å². The number of hydrogen-bond acceptors (Lipinski definition) is 8. The van der Waals surface area contributed by atoms with E-state index in [9.17, 15) is 19.7 Å². The average molecular weight is 507 g/mol. The molecule has 11 nitrogen and oxygen atoms in total. The number of benzene rings is 3. The molecule has 0 spiro atoms. The normalized spacial score (nSPS) is 10.8. The number of amides is 2. The van der Waals surface area contributed by atoms with E-state index in [0.29, 0.717) is 28.4 Å². The van der Waals surface area contributed by atoms with E-state index in [1.54, 1.807) is 42.5 Å². The van der Waals surface area contributed by atoms with Crippen LogP contribution in [0.25, 0.3) is 6.08 Å². The number of methoxy groups -OCH3 is 4. The number of hydrogen-bond donors (Lipinski definition) is 2. The molecule has 0 unspecified atom stereocenters. The summed E-state index contributed by atoms with van der Waals surface area (Å²) < 4.78 is 21.3. The number of nitro benzene ring substituents is 1. The Labute approximate surface area is 212 Å². The van der Waals surface area contributed by atoms with E-state index < -0.39 is 16.7 Å². The van der Waals surface area contributed by atoms with Gasteiger partial charge in [0.1, 0.15) is 11.4 Å². The van der Waals surface area contributed by atoms with Crippen molar-refractivity contribution in [2.24, 2.45) is 0 Å². The van der Waals surface area contributed by atoms with E-state index in [1.165, 1.54) is 52.7 Å². The molecule has 0 aliphatic carbocycles. The van der Waals surface area contributed by atoms with Crippen LogP contribution in [-0.2, 0) is 4.79 Å². The fraction of sp³-hybridized carbons (Fsp3) is 0.154. The van der Waals surface area contributed by atoms with Gasteiger partial charge in [0, 0.05) is 11.6 Å². The Balaban J connectivity index is 2.04. The highest BCUT2D eigenvalue weighted by atomic mass is 16.6. The molecule has 0 bridgehead atoms. The Morgan fingerprint density at radius 2 is 1.46 bits per heavy atom. The van der Waals surface area contributed by atoms with Crippen LogP contribution in [0.15, 0.2) is 66.4 Å². The van der Waals surface area contributed by atoms with Crippen molar-refractivity contribution >= 4 is 29.3 Å². The van der Waals surface area contributed by atoms with Crippen molar-refractivity contribution in [2.45, 2.75) is 0 Å². The smallest absolute Gasteiger partial charge is 0.273 e. The number of nitro groups is 1. The first-order valence-electron chi connectivity index (χ1n) is 10.8. The summed E-state index contributed by atoms with van der Waals surface area (Å²) in [6.45, 7) is 0. The lowest BCUT2D eigenvalue weighted by molar-refractivity contribution is -0.384. The standard InChI is InChI=1S/C26H25N3O8/c1-34-21-15-18(29(32)33)10-11-19(21)27-26(31)20(28-25(30)17-8-6-5-7-9-17)12-16-13-22(35-2)24(37-4)23(14-16)36-3/h5-15H,1-4H3,(H,27,31)(H,28,30).